The summed E-state index contributed by atoms with van der Waals surface area (Å²) >= 11 is 7.05. The molecule has 2 rings (SSSR count). The second-order valence-electron chi connectivity index (χ2n) is 4.54. The third kappa shape index (κ3) is 5.02. The van der Waals surface area contributed by atoms with Crippen LogP contribution in [-0.2, 0) is 10.7 Å². The summed E-state index contributed by atoms with van der Waals surface area (Å²) in [5.74, 6) is 1.17. The van der Waals surface area contributed by atoms with Gasteiger partial charge in [0.05, 0.1) is 18.2 Å². The molecule has 2 aromatic rings. The van der Waals surface area contributed by atoms with Crippen molar-refractivity contribution in [1.29, 1.82) is 0 Å². The van der Waals surface area contributed by atoms with E-state index in [2.05, 4.69) is 10.3 Å². The van der Waals surface area contributed by atoms with Crippen molar-refractivity contribution in [1.82, 2.24) is 4.98 Å². The van der Waals surface area contributed by atoms with Crippen LogP contribution >= 0.6 is 22.9 Å². The fraction of sp³-hybridized carbons (Fsp3) is 0.333. The number of para-hydroxylation sites is 1. The monoisotopic (exact) mass is 324 g/mol. The number of halogens is 1. The first-order chi connectivity index (χ1) is 10.2. The SMILES string of the molecule is Cc1ccccc1OCCCC(=O)Nc1nc(CCl)cs1. The normalized spacial score (nSPS) is 10.4. The lowest BCUT2D eigenvalue weighted by molar-refractivity contribution is -0.116. The molecule has 0 spiro atoms. The quantitative estimate of drug-likeness (QED) is 0.619. The van der Waals surface area contributed by atoms with Gasteiger partial charge in [-0.05, 0) is 25.0 Å². The highest BCUT2D eigenvalue weighted by molar-refractivity contribution is 7.13. The molecule has 4 nitrogen and oxygen atoms in total. The van der Waals surface area contributed by atoms with Gasteiger partial charge in [-0.1, -0.05) is 18.2 Å². The number of nitrogens with zero attached hydrogens (tertiary/aromatic N) is 1. The van der Waals surface area contributed by atoms with Gasteiger partial charge in [-0.3, -0.25) is 4.79 Å². The maximum Gasteiger partial charge on any atom is 0.226 e. The van der Waals surface area contributed by atoms with Crippen LogP contribution in [0.5, 0.6) is 5.75 Å². The molecule has 0 radical (unpaired) electrons. The van der Waals surface area contributed by atoms with E-state index in [0.29, 0.717) is 30.5 Å². The number of ether oxygens (including phenoxy) is 1. The molecular weight excluding hydrogens is 308 g/mol. The van der Waals surface area contributed by atoms with Crippen molar-refractivity contribution in [3.05, 3.63) is 40.9 Å². The minimum absolute atomic E-state index is 0.0566. The predicted octanol–water partition coefficient (Wildman–Crippen LogP) is 3.99. The van der Waals surface area contributed by atoms with Gasteiger partial charge in [0.25, 0.3) is 0 Å². The van der Waals surface area contributed by atoms with E-state index in [1.54, 1.807) is 0 Å². The van der Waals surface area contributed by atoms with E-state index < -0.39 is 0 Å². The predicted molar refractivity (Wildman–Crippen MR) is 86.2 cm³/mol. The van der Waals surface area contributed by atoms with E-state index in [0.717, 1.165) is 17.0 Å². The van der Waals surface area contributed by atoms with E-state index in [1.165, 1.54) is 11.3 Å². The summed E-state index contributed by atoms with van der Waals surface area (Å²) in [4.78, 5) is 15.9. The average molecular weight is 325 g/mol. The number of nitrogens with one attached hydrogen (secondary N) is 1. The number of alkyl halides is 1. The van der Waals surface area contributed by atoms with Gasteiger partial charge in [-0.25, -0.2) is 4.98 Å². The molecule has 0 unspecified atom stereocenters. The third-order valence-corrected chi connectivity index (χ3v) is 3.91. The number of aryl methyl sites for hydroxylation is 1. The molecule has 0 aliphatic rings. The summed E-state index contributed by atoms with van der Waals surface area (Å²) in [5.41, 5.74) is 1.87. The fourth-order valence-electron chi connectivity index (χ4n) is 1.74. The number of carbonyl (C=O) groups excluding carboxylic acids is 1. The Hall–Kier alpha value is -1.59. The standard InChI is InChI=1S/C15H17ClN2O2S/c1-11-5-2-3-6-13(11)20-8-4-7-14(19)18-15-17-12(9-16)10-21-15/h2-3,5-6,10H,4,7-9H2,1H3,(H,17,18,19). The fourth-order valence-corrected chi connectivity index (χ4v) is 2.70. The van der Waals surface area contributed by atoms with Crippen LogP contribution in [0.1, 0.15) is 24.1 Å². The van der Waals surface area contributed by atoms with Gasteiger partial charge in [-0.2, -0.15) is 0 Å². The molecule has 1 N–H and O–H groups in total. The molecule has 1 heterocycles. The Kier molecular flexibility index (Phi) is 6.02. The maximum absolute atomic E-state index is 11.8. The topological polar surface area (TPSA) is 51.2 Å². The Morgan fingerprint density at radius 2 is 2.24 bits per heavy atom. The van der Waals surface area contributed by atoms with Gasteiger partial charge in [-0.15, -0.1) is 22.9 Å². The van der Waals surface area contributed by atoms with Crippen LogP contribution in [-0.4, -0.2) is 17.5 Å². The Labute approximate surface area is 133 Å². The smallest absolute Gasteiger partial charge is 0.226 e. The van der Waals surface area contributed by atoms with Crippen molar-refractivity contribution < 1.29 is 9.53 Å². The van der Waals surface area contributed by atoms with E-state index in [4.69, 9.17) is 16.3 Å². The van der Waals surface area contributed by atoms with Crippen LogP contribution in [0.15, 0.2) is 29.6 Å². The molecule has 112 valence electrons. The lowest BCUT2D eigenvalue weighted by Crippen LogP contribution is -2.12. The van der Waals surface area contributed by atoms with Gasteiger partial charge in [0.15, 0.2) is 5.13 Å². The summed E-state index contributed by atoms with van der Waals surface area (Å²) in [6.07, 6.45) is 1.07. The molecule has 1 aromatic carbocycles. The first-order valence-electron chi connectivity index (χ1n) is 6.67. The van der Waals surface area contributed by atoms with Crippen molar-refractivity contribution in [2.45, 2.75) is 25.6 Å². The molecular formula is C15H17ClN2O2S. The van der Waals surface area contributed by atoms with E-state index >= 15 is 0 Å². The number of anilines is 1. The van der Waals surface area contributed by atoms with Crippen LogP contribution in [0.2, 0.25) is 0 Å². The Morgan fingerprint density at radius 1 is 1.43 bits per heavy atom. The number of amides is 1. The summed E-state index contributed by atoms with van der Waals surface area (Å²) < 4.78 is 5.65. The number of benzene rings is 1. The highest BCUT2D eigenvalue weighted by Gasteiger charge is 2.06. The van der Waals surface area contributed by atoms with Gasteiger partial charge in [0.2, 0.25) is 5.91 Å². The summed E-state index contributed by atoms with van der Waals surface area (Å²) in [6, 6.07) is 7.84. The molecule has 1 aromatic heterocycles. The number of hydrogen-bond acceptors (Lipinski definition) is 4. The number of carbonyl (C=O) groups is 1. The maximum atomic E-state index is 11.8. The molecule has 0 saturated heterocycles. The summed E-state index contributed by atoms with van der Waals surface area (Å²) in [5, 5.41) is 5.19. The summed E-state index contributed by atoms with van der Waals surface area (Å²) in [6.45, 7) is 2.52. The van der Waals surface area contributed by atoms with Gasteiger partial charge >= 0.3 is 0 Å². The molecule has 1 amide bonds. The van der Waals surface area contributed by atoms with Crippen molar-refractivity contribution in [3.8, 4) is 5.75 Å². The molecule has 0 fully saturated rings. The number of hydrogen-bond donors (Lipinski definition) is 1. The molecule has 0 bridgehead atoms. The molecule has 0 aliphatic heterocycles. The lowest BCUT2D eigenvalue weighted by atomic mass is 10.2. The highest BCUT2D eigenvalue weighted by atomic mass is 35.5. The Bertz CT molecular complexity index is 601. The number of aromatic nitrogens is 1. The zero-order chi connectivity index (χ0) is 15.1. The molecule has 21 heavy (non-hydrogen) atoms. The molecule has 0 aliphatic carbocycles. The zero-order valence-corrected chi connectivity index (χ0v) is 13.3. The largest absolute Gasteiger partial charge is 0.493 e. The highest BCUT2D eigenvalue weighted by Crippen LogP contribution is 2.18. The second kappa shape index (κ2) is 8.00. The number of thiazole rings is 1. The van der Waals surface area contributed by atoms with E-state index in [-0.39, 0.29) is 5.91 Å². The first-order valence-corrected chi connectivity index (χ1v) is 8.09. The van der Waals surface area contributed by atoms with Crippen LogP contribution in [0.25, 0.3) is 0 Å². The van der Waals surface area contributed by atoms with Crippen molar-refractivity contribution in [2.75, 3.05) is 11.9 Å². The molecule has 0 saturated carbocycles. The zero-order valence-electron chi connectivity index (χ0n) is 11.8. The molecule has 6 heteroatoms. The lowest BCUT2D eigenvalue weighted by Gasteiger charge is -2.08. The first kappa shape index (κ1) is 15.8. The number of rotatable bonds is 7. The second-order valence-corrected chi connectivity index (χ2v) is 5.67. The minimum Gasteiger partial charge on any atom is -0.493 e. The third-order valence-electron chi connectivity index (χ3n) is 2.83. The van der Waals surface area contributed by atoms with Crippen LogP contribution < -0.4 is 10.1 Å². The van der Waals surface area contributed by atoms with Crippen LogP contribution in [0.4, 0.5) is 5.13 Å². The van der Waals surface area contributed by atoms with Gasteiger partial charge in [0, 0.05) is 11.8 Å². The molecule has 0 atom stereocenters. The van der Waals surface area contributed by atoms with Crippen molar-refractivity contribution in [3.63, 3.8) is 0 Å². The van der Waals surface area contributed by atoms with E-state index in [9.17, 15) is 4.79 Å². The van der Waals surface area contributed by atoms with Crippen molar-refractivity contribution >= 4 is 34.0 Å². The summed E-state index contributed by atoms with van der Waals surface area (Å²) in [7, 11) is 0. The average Bonchev–Trinajstić information content (AvgIpc) is 2.93. The van der Waals surface area contributed by atoms with Gasteiger partial charge in [0.1, 0.15) is 5.75 Å². The van der Waals surface area contributed by atoms with Crippen LogP contribution in [0, 0.1) is 6.92 Å². The Balaban J connectivity index is 1.69. The van der Waals surface area contributed by atoms with Crippen LogP contribution in [0.3, 0.4) is 0 Å². The van der Waals surface area contributed by atoms with E-state index in [1.807, 2.05) is 36.6 Å². The van der Waals surface area contributed by atoms with Crippen molar-refractivity contribution in [2.24, 2.45) is 0 Å². The minimum atomic E-state index is -0.0566. The van der Waals surface area contributed by atoms with Gasteiger partial charge < -0.3 is 10.1 Å². The Morgan fingerprint density at radius 3 is 2.95 bits per heavy atom.